The number of rotatable bonds is 4. The fourth-order valence-electron chi connectivity index (χ4n) is 1.33. The lowest BCUT2D eigenvalue weighted by atomic mass is 10.3. The number of nitrogens with two attached hydrogens (primary N) is 1. The first kappa shape index (κ1) is 11.1. The Kier molecular flexibility index (Phi) is 3.00. The van der Waals surface area contributed by atoms with Crippen LogP contribution in [0.25, 0.3) is 0 Å². The molecule has 5 nitrogen and oxygen atoms in total. The second-order valence-corrected chi connectivity index (χ2v) is 3.43. The number of ether oxygens (including phenoxy) is 1. The van der Waals surface area contributed by atoms with Gasteiger partial charge in [-0.05, 0) is 24.3 Å². The summed E-state index contributed by atoms with van der Waals surface area (Å²) in [6.07, 6.45) is 0. The molecule has 5 heteroatoms. The highest BCUT2D eigenvalue weighted by molar-refractivity contribution is 5.84. The Morgan fingerprint density at radius 2 is 2.18 bits per heavy atom. The lowest BCUT2D eigenvalue weighted by Gasteiger charge is -2.04. The maximum absolute atomic E-state index is 10.6. The third-order valence-corrected chi connectivity index (χ3v) is 2.11. The largest absolute Gasteiger partial charge is 0.486 e. The van der Waals surface area contributed by atoms with Crippen molar-refractivity contribution < 1.29 is 19.1 Å². The molecular weight excluding hydrogens is 222 g/mol. The predicted molar refractivity (Wildman–Crippen MR) is 60.9 cm³/mol. The minimum atomic E-state index is -1.10. The number of aromatic carboxylic acids is 1. The van der Waals surface area contributed by atoms with Gasteiger partial charge in [0.25, 0.3) is 0 Å². The van der Waals surface area contributed by atoms with Crippen LogP contribution >= 0.6 is 0 Å². The molecule has 0 atom stereocenters. The first-order valence-electron chi connectivity index (χ1n) is 4.95. The number of furan rings is 1. The highest BCUT2D eigenvalue weighted by atomic mass is 16.5. The average Bonchev–Trinajstić information content (AvgIpc) is 2.75. The molecule has 0 aliphatic heterocycles. The summed E-state index contributed by atoms with van der Waals surface area (Å²) in [6.45, 7) is 0.163. The monoisotopic (exact) mass is 233 g/mol. The molecule has 0 fully saturated rings. The van der Waals surface area contributed by atoms with E-state index >= 15 is 0 Å². The first-order chi connectivity index (χ1) is 8.15. The fourth-order valence-corrected chi connectivity index (χ4v) is 1.33. The molecule has 1 aromatic carbocycles. The summed E-state index contributed by atoms with van der Waals surface area (Å²) in [4.78, 5) is 10.6. The zero-order valence-electron chi connectivity index (χ0n) is 8.92. The zero-order valence-corrected chi connectivity index (χ0v) is 8.92. The van der Waals surface area contributed by atoms with Gasteiger partial charge in [-0.2, -0.15) is 0 Å². The Balaban J connectivity index is 2.00. The van der Waals surface area contributed by atoms with E-state index in [1.165, 1.54) is 6.07 Å². The van der Waals surface area contributed by atoms with Crippen LogP contribution < -0.4 is 10.5 Å². The van der Waals surface area contributed by atoms with Gasteiger partial charge in [0.1, 0.15) is 18.1 Å². The molecule has 2 aromatic rings. The van der Waals surface area contributed by atoms with Crippen LogP contribution in [0, 0.1) is 0 Å². The van der Waals surface area contributed by atoms with E-state index in [4.69, 9.17) is 20.0 Å². The van der Waals surface area contributed by atoms with Gasteiger partial charge in [-0.25, -0.2) is 4.79 Å². The number of carboxylic acids is 1. The Morgan fingerprint density at radius 3 is 2.82 bits per heavy atom. The quantitative estimate of drug-likeness (QED) is 0.790. The fraction of sp³-hybridized carbons (Fsp3) is 0.0833. The van der Waals surface area contributed by atoms with Crippen molar-refractivity contribution >= 4 is 11.7 Å². The van der Waals surface area contributed by atoms with Crippen molar-refractivity contribution in [1.82, 2.24) is 0 Å². The average molecular weight is 233 g/mol. The van der Waals surface area contributed by atoms with Crippen LogP contribution in [0.3, 0.4) is 0 Å². The van der Waals surface area contributed by atoms with Crippen molar-refractivity contribution in [3.05, 3.63) is 47.9 Å². The summed E-state index contributed by atoms with van der Waals surface area (Å²) in [5.74, 6) is -0.139. The SMILES string of the molecule is Nc1cccc(OCc2ccc(C(=O)O)o2)c1. The summed E-state index contributed by atoms with van der Waals surface area (Å²) in [6, 6.07) is 9.92. The van der Waals surface area contributed by atoms with Gasteiger partial charge in [0, 0.05) is 11.8 Å². The molecule has 0 unspecified atom stereocenters. The van der Waals surface area contributed by atoms with Crippen LogP contribution in [0.2, 0.25) is 0 Å². The van der Waals surface area contributed by atoms with E-state index in [9.17, 15) is 4.79 Å². The maximum Gasteiger partial charge on any atom is 0.371 e. The third kappa shape index (κ3) is 2.78. The van der Waals surface area contributed by atoms with Crippen molar-refractivity contribution in [2.45, 2.75) is 6.61 Å². The molecule has 0 spiro atoms. The number of nitrogen functional groups attached to an aromatic ring is 1. The second kappa shape index (κ2) is 4.61. The third-order valence-electron chi connectivity index (χ3n) is 2.11. The van der Waals surface area contributed by atoms with Crippen LogP contribution in [-0.2, 0) is 6.61 Å². The van der Waals surface area contributed by atoms with Gasteiger partial charge in [-0.15, -0.1) is 0 Å². The molecule has 17 heavy (non-hydrogen) atoms. The van der Waals surface area contributed by atoms with E-state index in [-0.39, 0.29) is 12.4 Å². The van der Waals surface area contributed by atoms with Crippen LogP contribution in [0.15, 0.2) is 40.8 Å². The number of hydrogen-bond acceptors (Lipinski definition) is 4. The highest BCUT2D eigenvalue weighted by Gasteiger charge is 2.09. The smallest absolute Gasteiger partial charge is 0.371 e. The number of carboxylic acid groups (broad SMARTS) is 1. The van der Waals surface area contributed by atoms with Crippen molar-refractivity contribution in [2.75, 3.05) is 5.73 Å². The van der Waals surface area contributed by atoms with Gasteiger partial charge in [0.2, 0.25) is 5.76 Å². The minimum absolute atomic E-state index is 0.101. The van der Waals surface area contributed by atoms with Crippen molar-refractivity contribution in [3.63, 3.8) is 0 Å². The molecule has 0 radical (unpaired) electrons. The summed E-state index contributed by atoms with van der Waals surface area (Å²) in [7, 11) is 0. The molecule has 0 saturated carbocycles. The molecule has 2 rings (SSSR count). The van der Waals surface area contributed by atoms with Gasteiger partial charge < -0.3 is 20.0 Å². The van der Waals surface area contributed by atoms with Crippen molar-refractivity contribution in [2.24, 2.45) is 0 Å². The molecule has 1 heterocycles. The number of benzene rings is 1. The molecule has 0 aliphatic rings. The zero-order chi connectivity index (χ0) is 12.3. The lowest BCUT2D eigenvalue weighted by molar-refractivity contribution is 0.0658. The molecule has 0 aliphatic carbocycles. The van der Waals surface area contributed by atoms with Crippen LogP contribution in [0.5, 0.6) is 5.75 Å². The molecule has 88 valence electrons. The van der Waals surface area contributed by atoms with Crippen LogP contribution in [-0.4, -0.2) is 11.1 Å². The standard InChI is InChI=1S/C12H11NO4/c13-8-2-1-3-9(6-8)16-7-10-4-5-11(17-10)12(14)15/h1-6H,7,13H2,(H,14,15). The molecule has 1 aromatic heterocycles. The number of anilines is 1. The summed E-state index contributed by atoms with van der Waals surface area (Å²) < 4.78 is 10.4. The van der Waals surface area contributed by atoms with E-state index in [2.05, 4.69) is 0 Å². The maximum atomic E-state index is 10.6. The molecular formula is C12H11NO4. The summed E-state index contributed by atoms with van der Waals surface area (Å²) in [5.41, 5.74) is 6.20. The summed E-state index contributed by atoms with van der Waals surface area (Å²) >= 11 is 0. The normalized spacial score (nSPS) is 10.1. The minimum Gasteiger partial charge on any atom is -0.486 e. The van der Waals surface area contributed by atoms with Crippen molar-refractivity contribution in [1.29, 1.82) is 0 Å². The molecule has 0 bridgehead atoms. The Bertz CT molecular complexity index is 533. The van der Waals surface area contributed by atoms with Crippen LogP contribution in [0.1, 0.15) is 16.3 Å². The topological polar surface area (TPSA) is 85.7 Å². The summed E-state index contributed by atoms with van der Waals surface area (Å²) in [5, 5.41) is 8.67. The van der Waals surface area contributed by atoms with Gasteiger partial charge in [0.05, 0.1) is 0 Å². The van der Waals surface area contributed by atoms with Gasteiger partial charge in [0.15, 0.2) is 0 Å². The van der Waals surface area contributed by atoms with Gasteiger partial charge in [-0.3, -0.25) is 0 Å². The van der Waals surface area contributed by atoms with E-state index in [1.807, 2.05) is 0 Å². The Labute approximate surface area is 97.4 Å². The molecule has 0 amide bonds. The van der Waals surface area contributed by atoms with E-state index in [1.54, 1.807) is 30.3 Å². The van der Waals surface area contributed by atoms with Gasteiger partial charge >= 0.3 is 5.97 Å². The lowest BCUT2D eigenvalue weighted by Crippen LogP contribution is -1.95. The number of hydrogen-bond donors (Lipinski definition) is 2. The Hall–Kier alpha value is -2.43. The molecule has 0 saturated heterocycles. The van der Waals surface area contributed by atoms with E-state index < -0.39 is 5.97 Å². The van der Waals surface area contributed by atoms with E-state index in [0.29, 0.717) is 17.2 Å². The predicted octanol–water partition coefficient (Wildman–Crippen LogP) is 2.14. The Morgan fingerprint density at radius 1 is 1.35 bits per heavy atom. The highest BCUT2D eigenvalue weighted by Crippen LogP contribution is 2.17. The van der Waals surface area contributed by atoms with Gasteiger partial charge in [-0.1, -0.05) is 6.07 Å². The first-order valence-corrected chi connectivity index (χ1v) is 4.95. The van der Waals surface area contributed by atoms with Crippen molar-refractivity contribution in [3.8, 4) is 5.75 Å². The van der Waals surface area contributed by atoms with E-state index in [0.717, 1.165) is 0 Å². The molecule has 3 N–H and O–H groups in total. The number of carbonyl (C=O) groups is 1. The second-order valence-electron chi connectivity index (χ2n) is 3.43. The van der Waals surface area contributed by atoms with Crippen LogP contribution in [0.4, 0.5) is 5.69 Å².